The number of amides is 1. The fourth-order valence-corrected chi connectivity index (χ4v) is 4.92. The summed E-state index contributed by atoms with van der Waals surface area (Å²) in [4.78, 5) is 43.0. The molecule has 0 unspecified atom stereocenters. The summed E-state index contributed by atoms with van der Waals surface area (Å²) in [7, 11) is 4.41. The van der Waals surface area contributed by atoms with Gasteiger partial charge in [-0.15, -0.1) is 0 Å². The van der Waals surface area contributed by atoms with E-state index in [1.54, 1.807) is 50.6 Å². The summed E-state index contributed by atoms with van der Waals surface area (Å²) in [5.41, 5.74) is 1.73. The van der Waals surface area contributed by atoms with Gasteiger partial charge in [-0.2, -0.15) is 0 Å². The molecule has 1 amide bonds. The lowest BCUT2D eigenvalue weighted by Crippen LogP contribution is -2.25. The van der Waals surface area contributed by atoms with Crippen molar-refractivity contribution in [3.63, 3.8) is 0 Å². The first-order valence-electron chi connectivity index (χ1n) is 11.9. The number of methoxy groups -OCH3 is 3. The van der Waals surface area contributed by atoms with Gasteiger partial charge < -0.3 is 19.5 Å². The van der Waals surface area contributed by atoms with Gasteiger partial charge >= 0.3 is 5.97 Å². The summed E-state index contributed by atoms with van der Waals surface area (Å²) in [6.07, 6.45) is 0.493. The molecule has 0 spiro atoms. The van der Waals surface area contributed by atoms with Crippen LogP contribution >= 0.6 is 23.4 Å². The largest absolute Gasteiger partial charge is 0.493 e. The second-order valence-electron chi connectivity index (χ2n) is 8.33. The number of nitrogens with one attached hydrogen (secondary N) is 1. The highest BCUT2D eigenvalue weighted by Gasteiger charge is 2.17. The zero-order valence-electron chi connectivity index (χ0n) is 21.5. The Balaban J connectivity index is 1.65. The van der Waals surface area contributed by atoms with Crippen LogP contribution in [0, 0.1) is 0 Å². The smallest absolute Gasteiger partial charge is 0.337 e. The summed E-state index contributed by atoms with van der Waals surface area (Å²) in [5, 5.41) is 3.87. The van der Waals surface area contributed by atoms with E-state index in [1.807, 2.05) is 12.1 Å². The number of carbonyl (C=O) groups is 2. The number of aromatic nitrogens is 2. The molecule has 0 bridgehead atoms. The number of halogens is 1. The topological polar surface area (TPSA) is 109 Å². The quantitative estimate of drug-likeness (QED) is 0.165. The first-order chi connectivity index (χ1) is 18.8. The van der Waals surface area contributed by atoms with E-state index >= 15 is 0 Å². The Bertz CT molecular complexity index is 1590. The number of anilines is 1. The molecular formula is C28H26ClN3O6S. The van der Waals surface area contributed by atoms with Crippen molar-refractivity contribution < 1.29 is 23.8 Å². The number of benzene rings is 3. The number of aryl methyl sites for hydroxylation is 1. The van der Waals surface area contributed by atoms with Crippen LogP contribution in [0.4, 0.5) is 5.69 Å². The maximum atomic E-state index is 13.6. The van der Waals surface area contributed by atoms with E-state index in [1.165, 1.54) is 23.8 Å². The second-order valence-corrected chi connectivity index (χ2v) is 9.68. The molecule has 1 heterocycles. The molecule has 0 radical (unpaired) electrons. The van der Waals surface area contributed by atoms with Gasteiger partial charge in [0.25, 0.3) is 5.56 Å². The summed E-state index contributed by atoms with van der Waals surface area (Å²) in [6.45, 7) is 0.296. The summed E-state index contributed by atoms with van der Waals surface area (Å²) >= 11 is 7.27. The maximum Gasteiger partial charge on any atom is 0.337 e. The Morgan fingerprint density at radius 3 is 2.49 bits per heavy atom. The molecule has 0 aliphatic carbocycles. The van der Waals surface area contributed by atoms with Gasteiger partial charge in [-0.05, 0) is 54.4 Å². The highest BCUT2D eigenvalue weighted by molar-refractivity contribution is 7.99. The van der Waals surface area contributed by atoms with Gasteiger partial charge in [0, 0.05) is 6.54 Å². The molecule has 0 saturated heterocycles. The fraction of sp³-hybridized carbons (Fsp3) is 0.214. The Labute approximate surface area is 234 Å². The monoisotopic (exact) mass is 567 g/mol. The zero-order valence-corrected chi connectivity index (χ0v) is 23.1. The number of esters is 1. The number of rotatable bonds is 10. The third-order valence-corrected chi connectivity index (χ3v) is 7.20. The lowest BCUT2D eigenvalue weighted by atomic mass is 10.1. The second kappa shape index (κ2) is 12.7. The normalized spacial score (nSPS) is 10.8. The van der Waals surface area contributed by atoms with Crippen molar-refractivity contribution in [3.8, 4) is 11.5 Å². The van der Waals surface area contributed by atoms with Crippen LogP contribution < -0.4 is 20.3 Å². The SMILES string of the molecule is COC(=O)c1ccc2c(=O)n(CCc3ccc(OC)c(OC)c3)c(SCC(=O)Nc3ccccc3Cl)nc2c1. The number of nitrogens with zero attached hydrogens (tertiary/aromatic N) is 2. The van der Waals surface area contributed by atoms with Crippen molar-refractivity contribution in [2.24, 2.45) is 0 Å². The molecule has 1 N–H and O–H groups in total. The highest BCUT2D eigenvalue weighted by Crippen LogP contribution is 2.28. The van der Waals surface area contributed by atoms with Crippen LogP contribution in [0.15, 0.2) is 70.6 Å². The number of fused-ring (bicyclic) bond motifs is 1. The predicted molar refractivity (Wildman–Crippen MR) is 151 cm³/mol. The molecule has 0 aliphatic rings. The molecule has 39 heavy (non-hydrogen) atoms. The van der Waals surface area contributed by atoms with Crippen LogP contribution in [0.2, 0.25) is 5.02 Å². The van der Waals surface area contributed by atoms with Crippen molar-refractivity contribution in [1.82, 2.24) is 9.55 Å². The maximum absolute atomic E-state index is 13.6. The van der Waals surface area contributed by atoms with Crippen molar-refractivity contribution >= 4 is 51.8 Å². The third kappa shape index (κ3) is 6.52. The van der Waals surface area contributed by atoms with Gasteiger partial charge in [0.05, 0.1) is 54.3 Å². The van der Waals surface area contributed by atoms with Gasteiger partial charge in [-0.25, -0.2) is 9.78 Å². The molecule has 4 rings (SSSR count). The van der Waals surface area contributed by atoms with Gasteiger partial charge in [-0.1, -0.05) is 41.6 Å². The van der Waals surface area contributed by atoms with E-state index in [9.17, 15) is 14.4 Å². The third-order valence-electron chi connectivity index (χ3n) is 5.89. The molecule has 1 aromatic heterocycles. The number of hydrogen-bond acceptors (Lipinski definition) is 8. The Morgan fingerprint density at radius 1 is 1.00 bits per heavy atom. The molecule has 0 aliphatic heterocycles. The number of para-hydroxylation sites is 1. The van der Waals surface area contributed by atoms with Gasteiger partial charge in [0.15, 0.2) is 16.7 Å². The van der Waals surface area contributed by atoms with E-state index in [0.717, 1.165) is 17.3 Å². The Morgan fingerprint density at radius 2 is 1.77 bits per heavy atom. The zero-order chi connectivity index (χ0) is 27.9. The van der Waals surface area contributed by atoms with Crippen LogP contribution in [0.3, 0.4) is 0 Å². The first kappa shape index (κ1) is 28.0. The van der Waals surface area contributed by atoms with E-state index in [0.29, 0.717) is 51.2 Å². The average Bonchev–Trinajstić information content (AvgIpc) is 2.96. The number of hydrogen-bond donors (Lipinski definition) is 1. The minimum absolute atomic E-state index is 0.0176. The van der Waals surface area contributed by atoms with E-state index in [-0.39, 0.29) is 22.8 Å². The molecule has 0 atom stereocenters. The first-order valence-corrected chi connectivity index (χ1v) is 13.2. The van der Waals surface area contributed by atoms with Crippen molar-refractivity contribution in [1.29, 1.82) is 0 Å². The van der Waals surface area contributed by atoms with Crippen LogP contribution in [0.25, 0.3) is 10.9 Å². The average molecular weight is 568 g/mol. The molecule has 4 aromatic rings. The minimum atomic E-state index is -0.537. The standard InChI is InChI=1S/C28H26ClN3O6S/c1-36-23-11-8-17(14-24(23)37-2)12-13-32-26(34)19-10-9-18(27(35)38-3)15-22(19)31-28(32)39-16-25(33)30-21-7-5-4-6-20(21)29/h4-11,14-15H,12-13,16H2,1-3H3,(H,30,33). The van der Waals surface area contributed by atoms with Crippen molar-refractivity contribution in [3.05, 3.63) is 87.2 Å². The molecule has 11 heteroatoms. The highest BCUT2D eigenvalue weighted by atomic mass is 35.5. The Kier molecular flexibility index (Phi) is 9.11. The van der Waals surface area contributed by atoms with Gasteiger partial charge in [-0.3, -0.25) is 14.2 Å². The van der Waals surface area contributed by atoms with Gasteiger partial charge in [0.1, 0.15) is 0 Å². The summed E-state index contributed by atoms with van der Waals surface area (Å²) in [6, 6.07) is 17.1. The molecule has 0 saturated carbocycles. The van der Waals surface area contributed by atoms with E-state index in [4.69, 9.17) is 25.8 Å². The van der Waals surface area contributed by atoms with E-state index < -0.39 is 5.97 Å². The van der Waals surface area contributed by atoms with Crippen molar-refractivity contribution in [2.45, 2.75) is 18.1 Å². The van der Waals surface area contributed by atoms with E-state index in [2.05, 4.69) is 10.3 Å². The minimum Gasteiger partial charge on any atom is -0.493 e. The van der Waals surface area contributed by atoms with Crippen LogP contribution in [-0.4, -0.2) is 48.5 Å². The lowest BCUT2D eigenvalue weighted by Gasteiger charge is -2.15. The van der Waals surface area contributed by atoms with Crippen LogP contribution in [-0.2, 0) is 22.5 Å². The van der Waals surface area contributed by atoms with Crippen LogP contribution in [0.1, 0.15) is 15.9 Å². The summed E-state index contributed by atoms with van der Waals surface area (Å²) in [5.74, 6) is 0.325. The van der Waals surface area contributed by atoms with Gasteiger partial charge in [0.2, 0.25) is 5.91 Å². The predicted octanol–water partition coefficient (Wildman–Crippen LogP) is 4.83. The molecular weight excluding hydrogens is 542 g/mol. The molecule has 9 nitrogen and oxygen atoms in total. The molecule has 3 aromatic carbocycles. The summed E-state index contributed by atoms with van der Waals surface area (Å²) < 4.78 is 17.0. The molecule has 0 fully saturated rings. The number of thioether (sulfide) groups is 1. The Hall–Kier alpha value is -4.02. The fourth-order valence-electron chi connectivity index (χ4n) is 3.91. The van der Waals surface area contributed by atoms with Crippen LogP contribution in [0.5, 0.6) is 11.5 Å². The lowest BCUT2D eigenvalue weighted by molar-refractivity contribution is -0.113. The van der Waals surface area contributed by atoms with Crippen molar-refractivity contribution in [2.75, 3.05) is 32.4 Å². The number of ether oxygens (including phenoxy) is 3. The number of carbonyl (C=O) groups excluding carboxylic acids is 2. The molecule has 202 valence electrons.